The smallest absolute Gasteiger partial charge is 0.191 e. The first-order valence-electron chi connectivity index (χ1n) is 8.68. The average Bonchev–Trinajstić information content (AvgIpc) is 2.55. The molecular formula is C19H34IN3O2. The number of hydrogen-bond acceptors (Lipinski definition) is 3. The molecule has 6 heteroatoms. The number of benzene rings is 1. The minimum Gasteiger partial charge on any atom is -0.382 e. The maximum absolute atomic E-state index is 5.83. The molecule has 0 heterocycles. The van der Waals surface area contributed by atoms with Crippen molar-refractivity contribution >= 4 is 29.9 Å². The van der Waals surface area contributed by atoms with Crippen molar-refractivity contribution in [2.24, 2.45) is 4.99 Å². The van der Waals surface area contributed by atoms with E-state index >= 15 is 0 Å². The highest BCUT2D eigenvalue weighted by molar-refractivity contribution is 14.0. The zero-order chi connectivity index (χ0) is 17.8. The van der Waals surface area contributed by atoms with Gasteiger partial charge in [0.15, 0.2) is 5.96 Å². The van der Waals surface area contributed by atoms with Crippen molar-refractivity contribution in [2.45, 2.75) is 52.9 Å². The summed E-state index contributed by atoms with van der Waals surface area (Å²) in [5.74, 6) is 0.808. The van der Waals surface area contributed by atoms with Crippen molar-refractivity contribution in [1.82, 2.24) is 10.6 Å². The fourth-order valence-electron chi connectivity index (χ4n) is 2.06. The molecule has 0 amide bonds. The molecule has 0 saturated heterocycles. The maximum Gasteiger partial charge on any atom is 0.191 e. The zero-order valence-electron chi connectivity index (χ0n) is 16.2. The monoisotopic (exact) mass is 463 g/mol. The molecule has 1 aromatic rings. The first-order valence-corrected chi connectivity index (χ1v) is 8.68. The molecule has 0 radical (unpaired) electrons. The Bertz CT molecular complexity index is 502. The van der Waals surface area contributed by atoms with Gasteiger partial charge in [-0.05, 0) is 45.2 Å². The largest absolute Gasteiger partial charge is 0.382 e. The number of hydrogen-bond donors (Lipinski definition) is 2. The lowest BCUT2D eigenvalue weighted by Gasteiger charge is -2.19. The summed E-state index contributed by atoms with van der Waals surface area (Å²) >= 11 is 0. The van der Waals surface area contributed by atoms with Crippen LogP contribution in [0.5, 0.6) is 0 Å². The van der Waals surface area contributed by atoms with Crippen molar-refractivity contribution in [3.63, 3.8) is 0 Å². The van der Waals surface area contributed by atoms with Crippen LogP contribution in [0.1, 0.15) is 45.2 Å². The molecule has 0 aliphatic carbocycles. The van der Waals surface area contributed by atoms with Gasteiger partial charge in [0.2, 0.25) is 0 Å². The van der Waals surface area contributed by atoms with Crippen molar-refractivity contribution in [3.05, 3.63) is 35.4 Å². The number of rotatable bonds is 9. The van der Waals surface area contributed by atoms with Crippen LogP contribution >= 0.6 is 24.0 Å². The van der Waals surface area contributed by atoms with Crippen molar-refractivity contribution < 1.29 is 9.47 Å². The van der Waals surface area contributed by atoms with Crippen LogP contribution in [0, 0.1) is 0 Å². The Balaban J connectivity index is 0.00000576. The van der Waals surface area contributed by atoms with Crippen molar-refractivity contribution in [2.75, 3.05) is 26.8 Å². The number of nitrogens with zero attached hydrogens (tertiary/aromatic N) is 1. The van der Waals surface area contributed by atoms with Gasteiger partial charge in [0.1, 0.15) is 0 Å². The van der Waals surface area contributed by atoms with Crippen LogP contribution in [0.25, 0.3) is 0 Å². The molecule has 0 aliphatic rings. The Morgan fingerprint density at radius 2 is 1.88 bits per heavy atom. The Hall–Kier alpha value is -0.860. The van der Waals surface area contributed by atoms with Gasteiger partial charge in [-0.2, -0.15) is 0 Å². The average molecular weight is 463 g/mol. The van der Waals surface area contributed by atoms with E-state index in [0.717, 1.165) is 38.7 Å². The van der Waals surface area contributed by atoms with Crippen LogP contribution in [0.3, 0.4) is 0 Å². The van der Waals surface area contributed by atoms with Crippen LogP contribution in [0.4, 0.5) is 0 Å². The quantitative estimate of drug-likeness (QED) is 0.254. The summed E-state index contributed by atoms with van der Waals surface area (Å²) in [6.45, 7) is 12.0. The lowest BCUT2D eigenvalue weighted by Crippen LogP contribution is -2.37. The zero-order valence-corrected chi connectivity index (χ0v) is 18.6. The van der Waals surface area contributed by atoms with E-state index in [9.17, 15) is 0 Å². The Morgan fingerprint density at radius 1 is 1.16 bits per heavy atom. The third kappa shape index (κ3) is 12.2. The van der Waals surface area contributed by atoms with Gasteiger partial charge >= 0.3 is 0 Å². The molecule has 25 heavy (non-hydrogen) atoms. The lowest BCUT2D eigenvalue weighted by molar-refractivity contribution is -0.0149. The molecule has 0 bridgehead atoms. The van der Waals surface area contributed by atoms with Gasteiger partial charge in [0, 0.05) is 33.4 Å². The molecule has 0 aliphatic heterocycles. The van der Waals surface area contributed by atoms with Gasteiger partial charge in [-0.15, -0.1) is 24.0 Å². The van der Waals surface area contributed by atoms with Crippen molar-refractivity contribution in [3.8, 4) is 0 Å². The van der Waals surface area contributed by atoms with Gasteiger partial charge in [-0.3, -0.25) is 4.99 Å². The molecule has 144 valence electrons. The van der Waals surface area contributed by atoms with Crippen LogP contribution in [-0.2, 0) is 22.6 Å². The first-order chi connectivity index (χ1) is 11.4. The van der Waals surface area contributed by atoms with Crippen LogP contribution in [0.2, 0.25) is 0 Å². The minimum absolute atomic E-state index is 0. The van der Waals surface area contributed by atoms with E-state index in [1.807, 2.05) is 6.92 Å². The number of ether oxygens (including phenoxy) is 2. The van der Waals surface area contributed by atoms with Gasteiger partial charge < -0.3 is 20.1 Å². The van der Waals surface area contributed by atoms with Gasteiger partial charge in [0.25, 0.3) is 0 Å². The molecule has 0 aromatic heterocycles. The fourth-order valence-corrected chi connectivity index (χ4v) is 2.06. The van der Waals surface area contributed by atoms with Crippen LogP contribution in [0.15, 0.2) is 29.3 Å². The lowest BCUT2D eigenvalue weighted by atomic mass is 10.1. The predicted molar refractivity (Wildman–Crippen MR) is 116 cm³/mol. The Morgan fingerprint density at radius 3 is 2.52 bits per heavy atom. The Kier molecular flexibility index (Phi) is 12.9. The second kappa shape index (κ2) is 13.4. The normalized spacial score (nSPS) is 11.8. The molecule has 0 fully saturated rings. The van der Waals surface area contributed by atoms with E-state index in [4.69, 9.17) is 9.47 Å². The molecule has 0 saturated carbocycles. The van der Waals surface area contributed by atoms with Crippen molar-refractivity contribution in [1.29, 1.82) is 0 Å². The molecular weight excluding hydrogens is 429 g/mol. The van der Waals surface area contributed by atoms with Crippen LogP contribution in [-0.4, -0.2) is 38.4 Å². The highest BCUT2D eigenvalue weighted by Gasteiger charge is 2.10. The van der Waals surface area contributed by atoms with E-state index in [1.54, 1.807) is 7.05 Å². The maximum atomic E-state index is 5.83. The summed E-state index contributed by atoms with van der Waals surface area (Å²) in [5.41, 5.74) is 2.27. The number of aliphatic imine (C=N–C) groups is 1. The second-order valence-corrected chi connectivity index (χ2v) is 6.62. The summed E-state index contributed by atoms with van der Waals surface area (Å²) in [4.78, 5) is 4.24. The first kappa shape index (κ1) is 24.1. The summed E-state index contributed by atoms with van der Waals surface area (Å²) in [5, 5.41) is 6.63. The molecule has 0 spiro atoms. The second-order valence-electron chi connectivity index (χ2n) is 6.62. The predicted octanol–water partition coefficient (Wildman–Crippen LogP) is 3.71. The van der Waals surface area contributed by atoms with E-state index < -0.39 is 0 Å². The SMILES string of the molecule is CCOCCCNC(=NC)NCc1cccc(COC(C)(C)C)c1.I. The van der Waals surface area contributed by atoms with Gasteiger partial charge in [-0.25, -0.2) is 0 Å². The third-order valence-electron chi connectivity index (χ3n) is 3.31. The highest BCUT2D eigenvalue weighted by Crippen LogP contribution is 2.13. The number of guanidine groups is 1. The summed E-state index contributed by atoms with van der Waals surface area (Å²) in [6, 6.07) is 8.43. The van der Waals surface area contributed by atoms with Gasteiger partial charge in [0.05, 0.1) is 12.2 Å². The third-order valence-corrected chi connectivity index (χ3v) is 3.31. The molecule has 2 N–H and O–H groups in total. The van der Waals surface area contributed by atoms with E-state index in [1.165, 1.54) is 11.1 Å². The number of halogens is 1. The Labute approximate surface area is 170 Å². The molecule has 1 aromatic carbocycles. The molecule has 0 atom stereocenters. The summed E-state index contributed by atoms with van der Waals surface area (Å²) in [7, 11) is 1.78. The highest BCUT2D eigenvalue weighted by atomic mass is 127. The minimum atomic E-state index is -0.123. The topological polar surface area (TPSA) is 54.9 Å². The summed E-state index contributed by atoms with van der Waals surface area (Å²) in [6.07, 6.45) is 0.966. The van der Waals surface area contributed by atoms with Crippen LogP contribution < -0.4 is 10.6 Å². The molecule has 0 unspecified atom stereocenters. The standard InChI is InChI=1S/C19H33N3O2.HI/c1-6-23-12-8-11-21-18(20-5)22-14-16-9-7-10-17(13-16)15-24-19(2,3)4;/h7,9-10,13H,6,8,11-12,14-15H2,1-5H3,(H2,20,21,22);1H. The van der Waals surface area contributed by atoms with E-state index in [2.05, 4.69) is 60.7 Å². The van der Waals surface area contributed by atoms with Gasteiger partial charge in [-0.1, -0.05) is 24.3 Å². The molecule has 5 nitrogen and oxygen atoms in total. The van der Waals surface area contributed by atoms with E-state index in [0.29, 0.717) is 6.61 Å². The van der Waals surface area contributed by atoms with E-state index in [-0.39, 0.29) is 29.6 Å². The molecule has 1 rings (SSSR count). The summed E-state index contributed by atoms with van der Waals surface area (Å²) < 4.78 is 11.2. The number of nitrogens with one attached hydrogen (secondary N) is 2. The fraction of sp³-hybridized carbons (Fsp3) is 0.632.